The van der Waals surface area contributed by atoms with E-state index in [0.717, 1.165) is 15.8 Å². The van der Waals surface area contributed by atoms with Gasteiger partial charge in [0.2, 0.25) is 0 Å². The molecule has 1 unspecified atom stereocenters. The van der Waals surface area contributed by atoms with Crippen LogP contribution in [0.4, 0.5) is 15.8 Å². The summed E-state index contributed by atoms with van der Waals surface area (Å²) in [4.78, 5) is 14.8. The lowest BCUT2D eigenvalue weighted by Crippen LogP contribution is -2.43. The number of amides is 1. The zero-order chi connectivity index (χ0) is 17.4. The number of para-hydroxylation sites is 1. The van der Waals surface area contributed by atoms with E-state index < -0.39 is 6.17 Å². The Labute approximate surface area is 153 Å². The Kier molecular flexibility index (Phi) is 4.01. The number of carbonyl (C=O) groups is 1. The molecule has 3 nitrogen and oxygen atoms in total. The molecule has 0 bridgehead atoms. The Balaban J connectivity index is 1.88. The monoisotopic (exact) mass is 396 g/mol. The number of halogens is 2. The normalized spacial score (nSPS) is 16.3. The molecule has 1 heterocycles. The maximum absolute atomic E-state index is 13.8. The number of hydrogen-bond acceptors (Lipinski definition) is 2. The number of nitrogens with one attached hydrogen (secondary N) is 1. The van der Waals surface area contributed by atoms with Crippen LogP contribution in [0, 0.1) is 5.82 Å². The Morgan fingerprint density at radius 2 is 1.76 bits per heavy atom. The molecule has 124 valence electrons. The number of hydrogen-bond donors (Lipinski definition) is 1. The van der Waals surface area contributed by atoms with Crippen molar-refractivity contribution < 1.29 is 9.18 Å². The summed E-state index contributed by atoms with van der Waals surface area (Å²) >= 11 is 3.45. The molecule has 1 amide bonds. The van der Waals surface area contributed by atoms with Crippen LogP contribution in [0.1, 0.15) is 22.1 Å². The van der Waals surface area contributed by atoms with E-state index >= 15 is 0 Å². The average Bonchev–Trinajstić information content (AvgIpc) is 2.61. The van der Waals surface area contributed by atoms with E-state index in [1.165, 1.54) is 12.1 Å². The van der Waals surface area contributed by atoms with Gasteiger partial charge >= 0.3 is 0 Å². The van der Waals surface area contributed by atoms with Crippen molar-refractivity contribution in [2.24, 2.45) is 0 Å². The van der Waals surface area contributed by atoms with Gasteiger partial charge in [0.25, 0.3) is 5.91 Å². The molecule has 0 fully saturated rings. The molecule has 0 saturated carbocycles. The average molecular weight is 397 g/mol. The van der Waals surface area contributed by atoms with Gasteiger partial charge in [0.05, 0.1) is 5.56 Å². The molecule has 1 N–H and O–H groups in total. The highest BCUT2D eigenvalue weighted by Gasteiger charge is 2.34. The fourth-order valence-electron chi connectivity index (χ4n) is 3.06. The number of nitrogens with zero attached hydrogens (tertiary/aromatic N) is 1. The molecular weight excluding hydrogens is 383 g/mol. The molecule has 3 aromatic carbocycles. The highest BCUT2D eigenvalue weighted by Crippen LogP contribution is 2.37. The van der Waals surface area contributed by atoms with E-state index in [2.05, 4.69) is 21.2 Å². The van der Waals surface area contributed by atoms with Crippen LogP contribution >= 0.6 is 15.9 Å². The fourth-order valence-corrected chi connectivity index (χ4v) is 3.44. The minimum absolute atomic E-state index is 0.123. The molecule has 0 aliphatic carbocycles. The third-order valence-electron chi connectivity index (χ3n) is 4.18. The van der Waals surface area contributed by atoms with Crippen molar-refractivity contribution in [3.8, 4) is 0 Å². The van der Waals surface area contributed by atoms with Crippen molar-refractivity contribution >= 4 is 33.2 Å². The summed E-state index contributed by atoms with van der Waals surface area (Å²) in [5, 5.41) is 3.36. The summed E-state index contributed by atoms with van der Waals surface area (Å²) in [6, 6.07) is 21.2. The minimum atomic E-state index is -0.493. The van der Waals surface area contributed by atoms with E-state index in [1.54, 1.807) is 17.0 Å². The predicted octanol–water partition coefficient (Wildman–Crippen LogP) is 5.36. The highest BCUT2D eigenvalue weighted by molar-refractivity contribution is 9.10. The summed E-state index contributed by atoms with van der Waals surface area (Å²) in [5.74, 6) is -0.457. The van der Waals surface area contributed by atoms with Crippen molar-refractivity contribution in [1.29, 1.82) is 0 Å². The van der Waals surface area contributed by atoms with Gasteiger partial charge in [0.15, 0.2) is 0 Å². The molecule has 0 saturated heterocycles. The first-order valence-corrected chi connectivity index (χ1v) is 8.63. The first-order chi connectivity index (χ1) is 12.1. The summed E-state index contributed by atoms with van der Waals surface area (Å²) in [6.07, 6.45) is -0.493. The van der Waals surface area contributed by atoms with E-state index in [0.29, 0.717) is 11.1 Å². The third kappa shape index (κ3) is 2.91. The molecule has 0 aromatic heterocycles. The molecule has 1 aliphatic rings. The zero-order valence-corrected chi connectivity index (χ0v) is 14.7. The first kappa shape index (κ1) is 15.8. The second-order valence-electron chi connectivity index (χ2n) is 5.80. The second kappa shape index (κ2) is 6.33. The van der Waals surface area contributed by atoms with Gasteiger partial charge in [-0.3, -0.25) is 9.69 Å². The lowest BCUT2D eigenvalue weighted by Gasteiger charge is -2.38. The second-order valence-corrected chi connectivity index (χ2v) is 6.72. The van der Waals surface area contributed by atoms with Crippen LogP contribution < -0.4 is 10.2 Å². The summed E-state index contributed by atoms with van der Waals surface area (Å²) < 4.78 is 14.6. The summed E-state index contributed by atoms with van der Waals surface area (Å²) in [5.41, 5.74) is 2.75. The molecule has 5 heteroatoms. The summed E-state index contributed by atoms with van der Waals surface area (Å²) in [6.45, 7) is 0. The number of anilines is 2. The van der Waals surface area contributed by atoms with Crippen LogP contribution in [0.25, 0.3) is 0 Å². The molecule has 25 heavy (non-hydrogen) atoms. The minimum Gasteiger partial charge on any atom is -0.360 e. The largest absolute Gasteiger partial charge is 0.360 e. The molecule has 4 rings (SSSR count). The van der Waals surface area contributed by atoms with Gasteiger partial charge in [-0.05, 0) is 48.0 Å². The third-order valence-corrected chi connectivity index (χ3v) is 4.67. The molecule has 1 atom stereocenters. The van der Waals surface area contributed by atoms with Crippen molar-refractivity contribution in [1.82, 2.24) is 0 Å². The molecular formula is C20H14BrFN2O. The van der Waals surface area contributed by atoms with Gasteiger partial charge in [-0.1, -0.05) is 46.3 Å². The highest BCUT2D eigenvalue weighted by atomic mass is 79.9. The van der Waals surface area contributed by atoms with Gasteiger partial charge in [0.1, 0.15) is 12.0 Å². The van der Waals surface area contributed by atoms with Crippen LogP contribution in [0.5, 0.6) is 0 Å². The van der Waals surface area contributed by atoms with Gasteiger partial charge in [0, 0.05) is 15.8 Å². The lowest BCUT2D eigenvalue weighted by atomic mass is 10.0. The summed E-state index contributed by atoms with van der Waals surface area (Å²) in [7, 11) is 0. The van der Waals surface area contributed by atoms with Gasteiger partial charge in [-0.25, -0.2) is 4.39 Å². The number of fused-ring (bicyclic) bond motifs is 1. The standard InChI is InChI=1S/C20H14BrFN2O/c21-14-6-4-8-16(12-14)24-19(13-5-3-7-15(22)11-13)23-18-10-2-1-9-17(18)20(24)25/h1-12,19,23H. The van der Waals surface area contributed by atoms with Crippen LogP contribution in [-0.2, 0) is 0 Å². The van der Waals surface area contributed by atoms with Crippen molar-refractivity contribution in [2.45, 2.75) is 6.17 Å². The van der Waals surface area contributed by atoms with Gasteiger partial charge in [-0.15, -0.1) is 0 Å². The zero-order valence-electron chi connectivity index (χ0n) is 13.1. The van der Waals surface area contributed by atoms with Gasteiger partial charge in [-0.2, -0.15) is 0 Å². The van der Waals surface area contributed by atoms with E-state index in [1.807, 2.05) is 48.5 Å². The maximum atomic E-state index is 13.8. The molecule has 1 aliphatic heterocycles. The van der Waals surface area contributed by atoms with Gasteiger partial charge < -0.3 is 5.32 Å². The first-order valence-electron chi connectivity index (χ1n) is 7.83. The Morgan fingerprint density at radius 1 is 0.960 bits per heavy atom. The fraction of sp³-hybridized carbons (Fsp3) is 0.0500. The van der Waals surface area contributed by atoms with Crippen LogP contribution in [-0.4, -0.2) is 5.91 Å². The number of carbonyl (C=O) groups excluding carboxylic acids is 1. The Morgan fingerprint density at radius 3 is 2.56 bits per heavy atom. The Hall–Kier alpha value is -2.66. The van der Waals surface area contributed by atoms with Crippen LogP contribution in [0.2, 0.25) is 0 Å². The van der Waals surface area contributed by atoms with E-state index in [4.69, 9.17) is 0 Å². The lowest BCUT2D eigenvalue weighted by molar-refractivity contribution is 0.0975. The van der Waals surface area contributed by atoms with Crippen LogP contribution in [0.3, 0.4) is 0 Å². The van der Waals surface area contributed by atoms with Crippen molar-refractivity contribution in [3.63, 3.8) is 0 Å². The number of rotatable bonds is 2. The predicted molar refractivity (Wildman–Crippen MR) is 100 cm³/mol. The SMILES string of the molecule is O=C1c2ccccc2NC(c2cccc(F)c2)N1c1cccc(Br)c1. The molecule has 3 aromatic rings. The maximum Gasteiger partial charge on any atom is 0.262 e. The Bertz CT molecular complexity index is 960. The topological polar surface area (TPSA) is 32.3 Å². The molecule has 0 radical (unpaired) electrons. The van der Waals surface area contributed by atoms with Crippen LogP contribution in [0.15, 0.2) is 77.3 Å². The van der Waals surface area contributed by atoms with E-state index in [-0.39, 0.29) is 11.7 Å². The quantitative estimate of drug-likeness (QED) is 0.632. The molecule has 0 spiro atoms. The van der Waals surface area contributed by atoms with Crippen molar-refractivity contribution in [3.05, 3.63) is 94.2 Å². The van der Waals surface area contributed by atoms with E-state index in [9.17, 15) is 9.18 Å². The van der Waals surface area contributed by atoms with Crippen molar-refractivity contribution in [2.75, 3.05) is 10.2 Å². The number of benzene rings is 3. The smallest absolute Gasteiger partial charge is 0.262 e.